The minimum absolute atomic E-state index is 0.0996. The number of carbonyl (C=O) groups excluding carboxylic acids is 1. The zero-order chi connectivity index (χ0) is 22.2. The van der Waals surface area contributed by atoms with Crippen molar-refractivity contribution < 1.29 is 26.7 Å². The van der Waals surface area contributed by atoms with Crippen molar-refractivity contribution in [2.75, 3.05) is 6.54 Å². The number of hydrogen-bond acceptors (Lipinski definition) is 2. The quantitative estimate of drug-likeness (QED) is 0.670. The molecule has 166 valence electrons. The molecule has 0 radical (unpaired) electrons. The highest BCUT2D eigenvalue weighted by molar-refractivity contribution is 5.94. The Morgan fingerprint density at radius 3 is 2.23 bits per heavy atom. The van der Waals surface area contributed by atoms with E-state index in [9.17, 15) is 26.7 Å². The fraction of sp³-hybridized carbons (Fsp3) is 0.435. The summed E-state index contributed by atoms with van der Waals surface area (Å²) in [6.07, 6.45) is -0.442. The lowest BCUT2D eigenvalue weighted by Crippen LogP contribution is -2.50. The van der Waals surface area contributed by atoms with E-state index in [1.54, 1.807) is 12.1 Å². The molecule has 2 aromatic rings. The molecule has 2 heterocycles. The molecule has 3 nitrogen and oxygen atoms in total. The maximum absolute atomic E-state index is 13.8. The van der Waals surface area contributed by atoms with E-state index in [2.05, 4.69) is 10.2 Å². The van der Waals surface area contributed by atoms with Crippen LogP contribution in [0.15, 0.2) is 42.5 Å². The highest BCUT2D eigenvalue weighted by atomic mass is 19.4. The van der Waals surface area contributed by atoms with Crippen molar-refractivity contribution in [1.29, 1.82) is 0 Å². The van der Waals surface area contributed by atoms with Gasteiger partial charge in [0, 0.05) is 30.2 Å². The summed E-state index contributed by atoms with van der Waals surface area (Å²) in [5.41, 5.74) is -0.422. The van der Waals surface area contributed by atoms with E-state index in [1.165, 1.54) is 12.1 Å². The van der Waals surface area contributed by atoms with Crippen molar-refractivity contribution in [2.45, 2.75) is 56.4 Å². The van der Waals surface area contributed by atoms with Gasteiger partial charge in [-0.3, -0.25) is 9.69 Å². The number of nitrogens with one attached hydrogen (secondary N) is 1. The molecule has 31 heavy (non-hydrogen) atoms. The van der Waals surface area contributed by atoms with Gasteiger partial charge in [0.05, 0.1) is 5.56 Å². The molecule has 2 bridgehead atoms. The predicted octanol–water partition coefficient (Wildman–Crippen LogP) is 4.95. The van der Waals surface area contributed by atoms with Crippen molar-refractivity contribution in [3.8, 4) is 0 Å². The van der Waals surface area contributed by atoms with Crippen LogP contribution in [-0.4, -0.2) is 35.5 Å². The first kappa shape index (κ1) is 21.7. The number of piperidine rings is 1. The van der Waals surface area contributed by atoms with E-state index in [1.807, 2.05) is 0 Å². The number of fused-ring (bicyclic) bond motifs is 2. The van der Waals surface area contributed by atoms with Gasteiger partial charge in [0.15, 0.2) is 0 Å². The number of benzene rings is 2. The molecule has 2 aromatic carbocycles. The summed E-state index contributed by atoms with van der Waals surface area (Å²) < 4.78 is 65.0. The lowest BCUT2D eigenvalue weighted by atomic mass is 9.96. The molecule has 0 aromatic heterocycles. The number of carbonyl (C=O) groups is 1. The van der Waals surface area contributed by atoms with Crippen LogP contribution in [-0.2, 0) is 12.6 Å². The summed E-state index contributed by atoms with van der Waals surface area (Å²) in [5, 5.41) is 2.87. The summed E-state index contributed by atoms with van der Waals surface area (Å²) in [6, 6.07) is 9.26. The van der Waals surface area contributed by atoms with Crippen LogP contribution in [0.4, 0.5) is 22.0 Å². The molecule has 2 atom stereocenters. The second kappa shape index (κ2) is 8.57. The first-order valence-corrected chi connectivity index (χ1v) is 10.4. The monoisotopic (exact) mass is 438 g/mol. The maximum atomic E-state index is 13.8. The summed E-state index contributed by atoms with van der Waals surface area (Å²) in [6.45, 7) is 0.853. The number of nitrogens with zero attached hydrogens (tertiary/aromatic N) is 1. The fourth-order valence-electron chi connectivity index (χ4n) is 4.82. The first-order valence-electron chi connectivity index (χ1n) is 10.4. The predicted molar refractivity (Wildman–Crippen MR) is 106 cm³/mol. The lowest BCUT2D eigenvalue weighted by molar-refractivity contribution is -0.140. The van der Waals surface area contributed by atoms with Gasteiger partial charge in [-0.2, -0.15) is 13.2 Å². The highest BCUT2D eigenvalue weighted by Crippen LogP contribution is 2.36. The molecular weight excluding hydrogens is 415 g/mol. The van der Waals surface area contributed by atoms with Crippen LogP contribution in [0.3, 0.4) is 0 Å². The third kappa shape index (κ3) is 4.89. The molecule has 2 aliphatic rings. The van der Waals surface area contributed by atoms with Crippen LogP contribution < -0.4 is 5.32 Å². The van der Waals surface area contributed by atoms with Crippen LogP contribution >= 0.6 is 0 Å². The molecule has 8 heteroatoms. The highest BCUT2D eigenvalue weighted by Gasteiger charge is 2.41. The van der Waals surface area contributed by atoms with E-state index >= 15 is 0 Å². The number of hydrogen-bond donors (Lipinski definition) is 1. The van der Waals surface area contributed by atoms with Crippen LogP contribution in [0.2, 0.25) is 0 Å². The number of halogens is 5. The van der Waals surface area contributed by atoms with Crippen molar-refractivity contribution >= 4 is 5.91 Å². The fourth-order valence-corrected chi connectivity index (χ4v) is 4.82. The third-order valence-electron chi connectivity index (χ3n) is 6.33. The van der Waals surface area contributed by atoms with Gasteiger partial charge in [-0.1, -0.05) is 12.1 Å². The molecular formula is C23H23F5N2O. The van der Waals surface area contributed by atoms with E-state index < -0.39 is 23.5 Å². The molecule has 1 amide bonds. The third-order valence-corrected chi connectivity index (χ3v) is 6.33. The SMILES string of the molecule is O=C(NC1CC2CCC(C1)N2CCc1ccc(F)cc1)c1ccc(C(F)(F)F)c(F)c1. The van der Waals surface area contributed by atoms with Crippen LogP contribution in [0.5, 0.6) is 0 Å². The Hall–Kier alpha value is -2.48. The van der Waals surface area contributed by atoms with Gasteiger partial charge in [0.25, 0.3) is 5.91 Å². The van der Waals surface area contributed by atoms with Crippen LogP contribution in [0.1, 0.15) is 47.2 Å². The molecule has 4 rings (SSSR count). The molecule has 0 spiro atoms. The summed E-state index contributed by atoms with van der Waals surface area (Å²) in [7, 11) is 0. The van der Waals surface area contributed by atoms with Gasteiger partial charge >= 0.3 is 6.18 Å². The van der Waals surface area contributed by atoms with Crippen LogP contribution in [0, 0.1) is 11.6 Å². The Bertz CT molecular complexity index is 930. The second-order valence-corrected chi connectivity index (χ2v) is 8.33. The Morgan fingerprint density at radius 1 is 1.00 bits per heavy atom. The average Bonchev–Trinajstić information content (AvgIpc) is 2.95. The molecule has 0 saturated carbocycles. The number of rotatable bonds is 5. The molecule has 2 unspecified atom stereocenters. The molecule has 2 saturated heterocycles. The molecule has 2 fully saturated rings. The van der Waals surface area contributed by atoms with E-state index in [0.717, 1.165) is 50.3 Å². The van der Waals surface area contributed by atoms with Gasteiger partial charge in [0.2, 0.25) is 0 Å². The van der Waals surface area contributed by atoms with Crippen molar-refractivity contribution in [2.24, 2.45) is 0 Å². The second-order valence-electron chi connectivity index (χ2n) is 8.33. The molecule has 2 aliphatic heterocycles. The van der Waals surface area contributed by atoms with Gasteiger partial charge in [-0.25, -0.2) is 8.78 Å². The Balaban J connectivity index is 1.34. The topological polar surface area (TPSA) is 32.3 Å². The van der Waals surface area contributed by atoms with E-state index in [4.69, 9.17) is 0 Å². The standard InChI is InChI=1S/C23H23F5N2O/c24-16-4-1-14(2-5-16)9-10-30-18-6-7-19(30)13-17(12-18)29-22(31)15-3-8-20(21(25)11-15)23(26,27)28/h1-5,8,11,17-19H,6-7,9-10,12-13H2,(H,29,31). The summed E-state index contributed by atoms with van der Waals surface area (Å²) in [4.78, 5) is 14.9. The maximum Gasteiger partial charge on any atom is 0.419 e. The normalized spacial score (nSPS) is 23.7. The number of alkyl halides is 3. The van der Waals surface area contributed by atoms with E-state index in [0.29, 0.717) is 24.2 Å². The molecule has 1 N–H and O–H groups in total. The summed E-state index contributed by atoms with van der Waals surface area (Å²) >= 11 is 0. The zero-order valence-corrected chi connectivity index (χ0v) is 16.8. The Morgan fingerprint density at radius 2 is 1.65 bits per heavy atom. The van der Waals surface area contributed by atoms with Gasteiger partial charge in [0.1, 0.15) is 11.6 Å². The molecule has 0 aliphatic carbocycles. The van der Waals surface area contributed by atoms with Crippen molar-refractivity contribution in [3.63, 3.8) is 0 Å². The largest absolute Gasteiger partial charge is 0.419 e. The minimum atomic E-state index is -4.79. The Kier molecular flexibility index (Phi) is 6.01. The smallest absolute Gasteiger partial charge is 0.349 e. The van der Waals surface area contributed by atoms with Crippen molar-refractivity contribution in [1.82, 2.24) is 10.2 Å². The number of amides is 1. The minimum Gasteiger partial charge on any atom is -0.349 e. The van der Waals surface area contributed by atoms with E-state index in [-0.39, 0.29) is 17.4 Å². The lowest BCUT2D eigenvalue weighted by Gasteiger charge is -2.39. The van der Waals surface area contributed by atoms with Gasteiger partial charge in [-0.15, -0.1) is 0 Å². The first-order chi connectivity index (χ1) is 14.7. The van der Waals surface area contributed by atoms with Crippen molar-refractivity contribution in [3.05, 3.63) is 70.8 Å². The van der Waals surface area contributed by atoms with Gasteiger partial charge < -0.3 is 5.32 Å². The average molecular weight is 438 g/mol. The summed E-state index contributed by atoms with van der Waals surface area (Å²) in [5.74, 6) is -2.26. The van der Waals surface area contributed by atoms with Gasteiger partial charge in [-0.05, 0) is 68.0 Å². The van der Waals surface area contributed by atoms with Crippen LogP contribution in [0.25, 0.3) is 0 Å². The Labute approximate surface area is 177 Å². The zero-order valence-electron chi connectivity index (χ0n) is 16.8.